The molecule has 0 saturated carbocycles. The van der Waals surface area contributed by atoms with Gasteiger partial charge in [-0.05, 0) is 30.4 Å². The number of pyridine rings is 1. The number of hydrogen-bond acceptors (Lipinski definition) is 3. The molecule has 0 aliphatic carbocycles. The molecule has 0 unspecified atom stereocenters. The zero-order valence-electron chi connectivity index (χ0n) is 10.6. The number of benzene rings is 1. The highest BCUT2D eigenvalue weighted by atomic mass is 35.5. The van der Waals surface area contributed by atoms with E-state index in [1.807, 2.05) is 0 Å². The van der Waals surface area contributed by atoms with Gasteiger partial charge in [-0.2, -0.15) is 0 Å². The lowest BCUT2D eigenvalue weighted by Crippen LogP contribution is -2.44. The molecule has 108 valence electrons. The van der Waals surface area contributed by atoms with Crippen LogP contribution >= 0.6 is 23.8 Å². The van der Waals surface area contributed by atoms with Crippen molar-refractivity contribution in [2.24, 2.45) is 0 Å². The van der Waals surface area contributed by atoms with Crippen molar-refractivity contribution in [2.45, 2.75) is 0 Å². The summed E-state index contributed by atoms with van der Waals surface area (Å²) in [5.41, 5.74) is 5.37. The van der Waals surface area contributed by atoms with Crippen LogP contribution in [0.2, 0.25) is 5.02 Å². The molecule has 0 saturated heterocycles. The summed E-state index contributed by atoms with van der Waals surface area (Å²) >= 11 is 11.0. The van der Waals surface area contributed by atoms with Crippen LogP contribution in [0.1, 0.15) is 10.4 Å². The van der Waals surface area contributed by atoms with E-state index in [1.54, 1.807) is 24.3 Å². The number of amides is 1. The number of hydrogen-bond donors (Lipinski definition) is 4. The summed E-state index contributed by atoms with van der Waals surface area (Å²) < 4.78 is 0. The van der Waals surface area contributed by atoms with Gasteiger partial charge in [-0.3, -0.25) is 20.4 Å². The highest BCUT2D eigenvalue weighted by Gasteiger charge is 2.06. The van der Waals surface area contributed by atoms with Crippen LogP contribution < -0.4 is 21.7 Å². The number of aromatic nitrogens is 1. The van der Waals surface area contributed by atoms with Crippen LogP contribution in [0.25, 0.3) is 0 Å². The van der Waals surface area contributed by atoms with Crippen LogP contribution in [0.4, 0.5) is 5.69 Å². The molecule has 1 amide bonds. The molecule has 0 bridgehead atoms. The fraction of sp³-hybridized carbons (Fsp3) is 0. The van der Waals surface area contributed by atoms with E-state index in [4.69, 9.17) is 23.8 Å². The second kappa shape index (κ2) is 6.87. The number of anilines is 1. The Morgan fingerprint density at radius 1 is 1.19 bits per heavy atom. The summed E-state index contributed by atoms with van der Waals surface area (Å²) in [6.45, 7) is 0. The number of carbonyl (C=O) groups excluding carboxylic acids is 1. The van der Waals surface area contributed by atoms with Gasteiger partial charge < -0.3 is 10.3 Å². The van der Waals surface area contributed by atoms with Gasteiger partial charge in [-0.15, -0.1) is 0 Å². The number of thiocarbonyl (C=S) groups is 1. The van der Waals surface area contributed by atoms with Crippen molar-refractivity contribution >= 4 is 40.5 Å². The Labute approximate surface area is 130 Å². The van der Waals surface area contributed by atoms with Gasteiger partial charge in [0.2, 0.25) is 5.56 Å². The van der Waals surface area contributed by atoms with Gasteiger partial charge in [0.15, 0.2) is 5.11 Å². The molecule has 1 aromatic carbocycles. The number of nitrogens with one attached hydrogen (secondary N) is 4. The molecular weight excluding hydrogens is 312 g/mol. The quantitative estimate of drug-likeness (QED) is 0.499. The number of H-pyrrole nitrogens is 1. The van der Waals surface area contributed by atoms with Crippen molar-refractivity contribution in [2.75, 3.05) is 5.32 Å². The predicted molar refractivity (Wildman–Crippen MR) is 85.3 cm³/mol. The number of para-hydroxylation sites is 1. The van der Waals surface area contributed by atoms with E-state index in [9.17, 15) is 9.59 Å². The Hall–Kier alpha value is -2.38. The molecule has 0 aliphatic heterocycles. The van der Waals surface area contributed by atoms with E-state index in [-0.39, 0.29) is 16.2 Å². The van der Waals surface area contributed by atoms with E-state index >= 15 is 0 Å². The SMILES string of the molecule is O=C(NNC(=S)Nc1ccccc1Cl)c1cc[nH]c(=O)c1. The van der Waals surface area contributed by atoms with Crippen molar-refractivity contribution < 1.29 is 4.79 Å². The predicted octanol–water partition coefficient (Wildman–Crippen LogP) is 1.66. The Bertz CT molecular complexity index is 732. The Kier molecular flexibility index (Phi) is 4.91. The van der Waals surface area contributed by atoms with E-state index in [0.717, 1.165) is 0 Å². The van der Waals surface area contributed by atoms with Crippen LogP contribution in [0.3, 0.4) is 0 Å². The normalized spacial score (nSPS) is 9.76. The van der Waals surface area contributed by atoms with Gasteiger partial charge in [0, 0.05) is 17.8 Å². The van der Waals surface area contributed by atoms with Crippen LogP contribution in [0, 0.1) is 0 Å². The molecular formula is C13H11ClN4O2S. The van der Waals surface area contributed by atoms with Crippen molar-refractivity contribution in [3.05, 3.63) is 63.5 Å². The molecule has 0 spiro atoms. The minimum atomic E-state index is -0.482. The van der Waals surface area contributed by atoms with E-state index in [1.165, 1.54) is 18.3 Å². The maximum absolute atomic E-state index is 11.8. The third-order valence-corrected chi connectivity index (χ3v) is 2.98. The largest absolute Gasteiger partial charge is 0.330 e. The summed E-state index contributed by atoms with van der Waals surface area (Å²) in [4.78, 5) is 25.3. The minimum absolute atomic E-state index is 0.168. The molecule has 6 nitrogen and oxygen atoms in total. The lowest BCUT2D eigenvalue weighted by molar-refractivity contribution is 0.0944. The molecule has 8 heteroatoms. The number of hydrazine groups is 1. The van der Waals surface area contributed by atoms with E-state index in [0.29, 0.717) is 10.7 Å². The van der Waals surface area contributed by atoms with Crippen LogP contribution in [0.5, 0.6) is 0 Å². The molecule has 0 fully saturated rings. The Morgan fingerprint density at radius 3 is 2.67 bits per heavy atom. The summed E-state index contributed by atoms with van der Waals surface area (Å²) in [5.74, 6) is -0.482. The second-order valence-electron chi connectivity index (χ2n) is 3.95. The highest BCUT2D eigenvalue weighted by Crippen LogP contribution is 2.19. The molecule has 21 heavy (non-hydrogen) atoms. The summed E-state index contributed by atoms with van der Waals surface area (Å²) in [6.07, 6.45) is 1.39. The Balaban J connectivity index is 1.91. The lowest BCUT2D eigenvalue weighted by Gasteiger charge is -2.12. The topological polar surface area (TPSA) is 86.0 Å². The molecule has 0 aliphatic rings. The van der Waals surface area contributed by atoms with Gasteiger partial charge in [-0.1, -0.05) is 23.7 Å². The summed E-state index contributed by atoms with van der Waals surface area (Å²) in [6, 6.07) is 9.70. The maximum atomic E-state index is 11.8. The van der Waals surface area contributed by atoms with Gasteiger partial charge >= 0.3 is 0 Å². The van der Waals surface area contributed by atoms with Crippen molar-refractivity contribution in [3.8, 4) is 0 Å². The fourth-order valence-electron chi connectivity index (χ4n) is 1.49. The minimum Gasteiger partial charge on any atom is -0.330 e. The highest BCUT2D eigenvalue weighted by molar-refractivity contribution is 7.80. The van der Waals surface area contributed by atoms with Crippen molar-refractivity contribution in [1.82, 2.24) is 15.8 Å². The summed E-state index contributed by atoms with van der Waals surface area (Å²) in [5, 5.41) is 3.50. The number of rotatable bonds is 2. The first-order valence-corrected chi connectivity index (χ1v) is 6.65. The Morgan fingerprint density at radius 2 is 1.95 bits per heavy atom. The van der Waals surface area contributed by atoms with E-state index < -0.39 is 5.91 Å². The zero-order valence-corrected chi connectivity index (χ0v) is 12.2. The molecule has 1 heterocycles. The van der Waals surface area contributed by atoms with Crippen LogP contribution in [0.15, 0.2) is 47.4 Å². The van der Waals surface area contributed by atoms with Gasteiger partial charge in [0.25, 0.3) is 5.91 Å². The smallest absolute Gasteiger partial charge is 0.269 e. The average Bonchev–Trinajstić information content (AvgIpc) is 2.47. The monoisotopic (exact) mass is 322 g/mol. The third-order valence-electron chi connectivity index (χ3n) is 2.45. The molecule has 1 aromatic heterocycles. The van der Waals surface area contributed by atoms with Gasteiger partial charge in [0.1, 0.15) is 0 Å². The first-order chi connectivity index (χ1) is 10.1. The van der Waals surface area contributed by atoms with Gasteiger partial charge in [0.05, 0.1) is 10.7 Å². The van der Waals surface area contributed by atoms with Crippen molar-refractivity contribution in [3.63, 3.8) is 0 Å². The maximum Gasteiger partial charge on any atom is 0.269 e. The molecule has 2 rings (SSSR count). The third kappa shape index (κ3) is 4.30. The van der Waals surface area contributed by atoms with E-state index in [2.05, 4.69) is 21.2 Å². The summed E-state index contributed by atoms with van der Waals surface area (Å²) in [7, 11) is 0. The lowest BCUT2D eigenvalue weighted by atomic mass is 10.2. The van der Waals surface area contributed by atoms with Gasteiger partial charge in [-0.25, -0.2) is 0 Å². The zero-order chi connectivity index (χ0) is 15.2. The standard InChI is InChI=1S/C13H11ClN4O2S/c14-9-3-1-2-4-10(9)16-13(21)18-17-12(20)8-5-6-15-11(19)7-8/h1-7H,(H,15,19)(H,17,20)(H2,16,18,21). The molecule has 0 atom stereocenters. The first-order valence-electron chi connectivity index (χ1n) is 5.87. The average molecular weight is 323 g/mol. The molecule has 4 N–H and O–H groups in total. The molecule has 0 radical (unpaired) electrons. The van der Waals surface area contributed by atoms with Crippen molar-refractivity contribution in [1.29, 1.82) is 0 Å². The number of carbonyl (C=O) groups is 1. The van der Waals surface area contributed by atoms with Crippen LogP contribution in [-0.4, -0.2) is 16.0 Å². The van der Waals surface area contributed by atoms with Crippen LogP contribution in [-0.2, 0) is 0 Å². The second-order valence-corrected chi connectivity index (χ2v) is 4.77. The first kappa shape index (κ1) is 15.0. The molecule has 2 aromatic rings. The number of aromatic amines is 1. The number of halogens is 1. The fourth-order valence-corrected chi connectivity index (χ4v) is 1.83.